The van der Waals surface area contributed by atoms with Gasteiger partial charge in [-0.05, 0) is 47.1 Å². The number of amides is 4. The summed E-state index contributed by atoms with van der Waals surface area (Å²) in [5, 5.41) is 24.3. The first kappa shape index (κ1) is 41.9. The minimum absolute atomic E-state index is 0.0140. The number of carbonyl (C=O) groups is 4. The predicted octanol–water partition coefficient (Wildman–Crippen LogP) is 6.04. The lowest BCUT2D eigenvalue weighted by Crippen LogP contribution is -2.57. The molecule has 4 amide bonds. The molecule has 290 valence electrons. The van der Waals surface area contributed by atoms with Crippen LogP contribution < -0.4 is 16.0 Å². The van der Waals surface area contributed by atoms with Crippen LogP contribution in [0.25, 0.3) is 10.8 Å². The first-order chi connectivity index (χ1) is 26.0. The summed E-state index contributed by atoms with van der Waals surface area (Å²) in [6, 6.07) is 19.8. The standard InChI is InChI=1S/C42H55N5O6S/c1-6-29(5)26-47(7-2)39(49)25-37(48)34(22-28(3)4)44-41(51)36(24-38-43-20-21-54-38)45-40(50)35(46-42(52)53-27-30-14-9-8-10-15-30)23-32-18-13-17-31-16-11-12-19-33(31)32/h8-21,28-29,34-37,48H,6-7,22-27H2,1-5H3,(H,44,51)(H,45,50)(H,46,52)/t29?,34-,35-,36?,37-/m0/s1. The smallest absolute Gasteiger partial charge is 0.408 e. The van der Waals surface area contributed by atoms with E-state index >= 15 is 0 Å². The fourth-order valence-electron chi connectivity index (χ4n) is 6.28. The lowest BCUT2D eigenvalue weighted by Gasteiger charge is -2.30. The van der Waals surface area contributed by atoms with E-state index in [-0.39, 0.29) is 37.7 Å². The molecule has 0 aliphatic rings. The molecule has 3 aromatic carbocycles. The van der Waals surface area contributed by atoms with E-state index < -0.39 is 42.1 Å². The molecule has 0 saturated heterocycles. The number of ether oxygens (including phenoxy) is 1. The Morgan fingerprint density at radius 2 is 1.54 bits per heavy atom. The van der Waals surface area contributed by atoms with Gasteiger partial charge in [-0.3, -0.25) is 14.4 Å². The average molecular weight is 758 g/mol. The van der Waals surface area contributed by atoms with E-state index in [2.05, 4.69) is 34.8 Å². The summed E-state index contributed by atoms with van der Waals surface area (Å²) < 4.78 is 5.50. The zero-order valence-corrected chi connectivity index (χ0v) is 32.8. The molecule has 1 aromatic heterocycles. The number of nitrogens with one attached hydrogen (secondary N) is 3. The summed E-state index contributed by atoms with van der Waals surface area (Å²) in [6.07, 6.45) is 1.10. The van der Waals surface area contributed by atoms with Gasteiger partial charge in [0.15, 0.2) is 0 Å². The van der Waals surface area contributed by atoms with Crippen LogP contribution >= 0.6 is 11.3 Å². The second-order valence-corrected chi connectivity index (χ2v) is 15.2. The molecule has 0 radical (unpaired) electrons. The lowest BCUT2D eigenvalue weighted by molar-refractivity contribution is -0.135. The molecule has 11 nitrogen and oxygen atoms in total. The van der Waals surface area contributed by atoms with Gasteiger partial charge in [0.05, 0.1) is 23.6 Å². The Morgan fingerprint density at radius 3 is 2.22 bits per heavy atom. The number of nitrogens with zero attached hydrogens (tertiary/aromatic N) is 2. The fourth-order valence-corrected chi connectivity index (χ4v) is 6.95. The van der Waals surface area contributed by atoms with Gasteiger partial charge in [0.2, 0.25) is 17.7 Å². The topological polar surface area (TPSA) is 150 Å². The van der Waals surface area contributed by atoms with Gasteiger partial charge in [0, 0.05) is 37.5 Å². The number of thiazole rings is 1. The van der Waals surface area contributed by atoms with Crippen LogP contribution in [0.3, 0.4) is 0 Å². The minimum atomic E-state index is -1.15. The highest BCUT2D eigenvalue weighted by Gasteiger charge is 2.32. The van der Waals surface area contributed by atoms with Crippen molar-refractivity contribution in [3.05, 3.63) is 101 Å². The van der Waals surface area contributed by atoms with Crippen molar-refractivity contribution in [1.29, 1.82) is 0 Å². The molecule has 4 rings (SSSR count). The van der Waals surface area contributed by atoms with Crippen LogP contribution in [0.1, 0.15) is 70.0 Å². The van der Waals surface area contributed by atoms with Crippen LogP contribution in [0.15, 0.2) is 84.4 Å². The van der Waals surface area contributed by atoms with Gasteiger partial charge in [-0.2, -0.15) is 0 Å². The third-order valence-corrected chi connectivity index (χ3v) is 10.3. The number of carbonyl (C=O) groups excluding carboxylic acids is 4. The molecule has 4 N–H and O–H groups in total. The van der Waals surface area contributed by atoms with Crippen molar-refractivity contribution in [2.24, 2.45) is 11.8 Å². The van der Waals surface area contributed by atoms with Crippen LogP contribution in [0.2, 0.25) is 0 Å². The van der Waals surface area contributed by atoms with Gasteiger partial charge < -0.3 is 30.7 Å². The van der Waals surface area contributed by atoms with Crippen molar-refractivity contribution in [3.63, 3.8) is 0 Å². The Kier molecular flexibility index (Phi) is 16.4. The summed E-state index contributed by atoms with van der Waals surface area (Å²) >= 11 is 1.35. The van der Waals surface area contributed by atoms with Crippen molar-refractivity contribution >= 4 is 45.9 Å². The number of hydrogen-bond acceptors (Lipinski definition) is 8. The van der Waals surface area contributed by atoms with E-state index in [1.165, 1.54) is 11.3 Å². The molecule has 0 bridgehead atoms. The van der Waals surface area contributed by atoms with Crippen LogP contribution in [0.5, 0.6) is 0 Å². The Bertz CT molecular complexity index is 1780. The zero-order chi connectivity index (χ0) is 39.0. The molecule has 2 unspecified atom stereocenters. The van der Waals surface area contributed by atoms with E-state index in [4.69, 9.17) is 4.74 Å². The number of aliphatic hydroxyl groups is 1. The van der Waals surface area contributed by atoms with E-state index in [0.29, 0.717) is 30.4 Å². The van der Waals surface area contributed by atoms with E-state index in [1.54, 1.807) is 16.5 Å². The molecule has 4 aromatic rings. The highest BCUT2D eigenvalue weighted by atomic mass is 32.1. The van der Waals surface area contributed by atoms with Crippen LogP contribution in [-0.4, -0.2) is 76.1 Å². The number of fused-ring (bicyclic) bond motifs is 1. The van der Waals surface area contributed by atoms with Gasteiger partial charge in [-0.15, -0.1) is 11.3 Å². The summed E-state index contributed by atoms with van der Waals surface area (Å²) in [4.78, 5) is 60.9. The molecule has 1 heterocycles. The Labute approximate surface area is 322 Å². The number of rotatable bonds is 20. The predicted molar refractivity (Wildman–Crippen MR) is 213 cm³/mol. The van der Waals surface area contributed by atoms with Gasteiger partial charge >= 0.3 is 6.09 Å². The zero-order valence-electron chi connectivity index (χ0n) is 32.0. The first-order valence-corrected chi connectivity index (χ1v) is 19.7. The highest BCUT2D eigenvalue weighted by molar-refractivity contribution is 7.09. The largest absolute Gasteiger partial charge is 0.445 e. The van der Waals surface area contributed by atoms with Gasteiger partial charge in [0.25, 0.3) is 0 Å². The molecule has 0 saturated carbocycles. The number of benzene rings is 3. The van der Waals surface area contributed by atoms with E-state index in [0.717, 1.165) is 28.3 Å². The van der Waals surface area contributed by atoms with Crippen LogP contribution in [-0.2, 0) is 38.6 Å². The normalized spacial score (nSPS) is 14.1. The number of aliphatic hydroxyl groups excluding tert-OH is 1. The highest BCUT2D eigenvalue weighted by Crippen LogP contribution is 2.21. The van der Waals surface area contributed by atoms with E-state index in [1.807, 2.05) is 93.6 Å². The summed E-state index contributed by atoms with van der Waals surface area (Å²) in [6.45, 7) is 11.2. The molecule has 12 heteroatoms. The van der Waals surface area contributed by atoms with Crippen molar-refractivity contribution in [3.8, 4) is 0 Å². The molecule has 5 atom stereocenters. The number of alkyl carbamates (subject to hydrolysis) is 1. The molecule has 0 aliphatic heterocycles. The maximum absolute atomic E-state index is 14.2. The molecular formula is C42H55N5O6S. The summed E-state index contributed by atoms with van der Waals surface area (Å²) in [5.41, 5.74) is 1.62. The van der Waals surface area contributed by atoms with Crippen molar-refractivity contribution < 1.29 is 29.0 Å². The van der Waals surface area contributed by atoms with Crippen LogP contribution in [0.4, 0.5) is 4.79 Å². The monoisotopic (exact) mass is 757 g/mol. The molecular weight excluding hydrogens is 703 g/mol. The van der Waals surface area contributed by atoms with Gasteiger partial charge in [-0.25, -0.2) is 9.78 Å². The molecule has 0 spiro atoms. The maximum atomic E-state index is 14.2. The third kappa shape index (κ3) is 12.9. The quantitative estimate of drug-likeness (QED) is 0.0860. The second kappa shape index (κ2) is 21.2. The number of hydrogen-bond donors (Lipinski definition) is 4. The first-order valence-electron chi connectivity index (χ1n) is 18.9. The van der Waals surface area contributed by atoms with Crippen LogP contribution in [0, 0.1) is 11.8 Å². The minimum Gasteiger partial charge on any atom is -0.445 e. The van der Waals surface area contributed by atoms with Crippen molar-refractivity contribution in [2.75, 3.05) is 13.1 Å². The average Bonchev–Trinajstić information content (AvgIpc) is 3.68. The third-order valence-electron chi connectivity index (χ3n) is 9.49. The van der Waals surface area contributed by atoms with Gasteiger partial charge in [-0.1, -0.05) is 107 Å². The van der Waals surface area contributed by atoms with Crippen molar-refractivity contribution in [1.82, 2.24) is 25.8 Å². The van der Waals surface area contributed by atoms with Crippen molar-refractivity contribution in [2.45, 2.75) is 97.6 Å². The summed E-state index contributed by atoms with van der Waals surface area (Å²) in [5.74, 6) is -0.889. The SMILES string of the molecule is CCC(C)CN(CC)C(=O)C[C@H](O)[C@H](CC(C)C)NC(=O)C(Cc1nccs1)NC(=O)[C@H](Cc1cccc2ccccc12)NC(=O)OCc1ccccc1. The van der Waals surface area contributed by atoms with E-state index in [9.17, 15) is 24.3 Å². The number of aromatic nitrogens is 1. The Balaban J connectivity index is 1.56. The Morgan fingerprint density at radius 1 is 0.852 bits per heavy atom. The maximum Gasteiger partial charge on any atom is 0.408 e. The lowest BCUT2D eigenvalue weighted by atomic mass is 9.96. The summed E-state index contributed by atoms with van der Waals surface area (Å²) in [7, 11) is 0. The molecule has 0 fully saturated rings. The molecule has 0 aliphatic carbocycles. The fraction of sp³-hybridized carbons (Fsp3) is 0.452. The Hall–Kier alpha value is -4.81. The van der Waals surface area contributed by atoms with Gasteiger partial charge in [0.1, 0.15) is 18.7 Å². The molecule has 54 heavy (non-hydrogen) atoms. The second-order valence-electron chi connectivity index (χ2n) is 14.3.